The van der Waals surface area contributed by atoms with Crippen LogP contribution in [0.5, 0.6) is 5.75 Å². The Bertz CT molecular complexity index is 1170. The number of ether oxygens (including phenoxy) is 1. The molecule has 0 aliphatic carbocycles. The molecule has 3 aromatic rings. The van der Waals surface area contributed by atoms with E-state index in [2.05, 4.69) is 27.3 Å². The van der Waals surface area contributed by atoms with Crippen LogP contribution in [0, 0.1) is 31.1 Å². The van der Waals surface area contributed by atoms with Crippen LogP contribution in [0.25, 0.3) is 10.9 Å². The Morgan fingerprint density at radius 2 is 1.97 bits per heavy atom. The molecule has 0 spiro atoms. The number of hydrogen-bond donors (Lipinski definition) is 1. The van der Waals surface area contributed by atoms with Gasteiger partial charge in [0.1, 0.15) is 11.8 Å². The van der Waals surface area contributed by atoms with E-state index in [0.29, 0.717) is 5.56 Å². The van der Waals surface area contributed by atoms with Crippen molar-refractivity contribution in [1.29, 1.82) is 5.26 Å². The Labute approximate surface area is 182 Å². The number of nitrogens with one attached hydrogen (secondary N) is 1. The van der Waals surface area contributed by atoms with Gasteiger partial charge in [-0.1, -0.05) is 11.6 Å². The molecule has 2 heterocycles. The first-order valence-corrected chi connectivity index (χ1v) is 10.5. The third kappa shape index (κ3) is 4.17. The Hall–Kier alpha value is -3.59. The fraction of sp³-hybridized carbons (Fsp3) is 0.320. The van der Waals surface area contributed by atoms with Crippen molar-refractivity contribution >= 4 is 28.2 Å². The van der Waals surface area contributed by atoms with Crippen molar-refractivity contribution in [1.82, 2.24) is 4.98 Å². The normalized spacial score (nSPS) is 14.3. The Morgan fingerprint density at radius 1 is 1.19 bits per heavy atom. The Kier molecular flexibility index (Phi) is 5.77. The molecule has 1 aliphatic rings. The second-order valence-electron chi connectivity index (χ2n) is 8.08. The number of piperidine rings is 1. The fourth-order valence-electron chi connectivity index (χ4n) is 4.22. The third-order valence-electron chi connectivity index (χ3n) is 5.99. The van der Waals surface area contributed by atoms with Gasteiger partial charge in [0.05, 0.1) is 23.9 Å². The van der Waals surface area contributed by atoms with Crippen molar-refractivity contribution in [2.75, 3.05) is 30.4 Å². The van der Waals surface area contributed by atoms with E-state index in [9.17, 15) is 10.1 Å². The van der Waals surface area contributed by atoms with Crippen molar-refractivity contribution in [3.63, 3.8) is 0 Å². The number of amides is 1. The largest absolute Gasteiger partial charge is 0.497 e. The first kappa shape index (κ1) is 20.7. The molecular weight excluding hydrogens is 388 g/mol. The van der Waals surface area contributed by atoms with Gasteiger partial charge in [-0.25, -0.2) is 0 Å². The van der Waals surface area contributed by atoms with Crippen LogP contribution >= 0.6 is 0 Å². The van der Waals surface area contributed by atoms with Crippen molar-refractivity contribution in [2.45, 2.75) is 26.7 Å². The number of methoxy groups -OCH3 is 1. The highest BCUT2D eigenvalue weighted by molar-refractivity contribution is 5.96. The molecule has 1 N–H and O–H groups in total. The van der Waals surface area contributed by atoms with Crippen LogP contribution in [0.1, 0.15) is 29.5 Å². The number of carbonyl (C=O) groups is 1. The van der Waals surface area contributed by atoms with Gasteiger partial charge < -0.3 is 15.0 Å². The minimum absolute atomic E-state index is 0.0452. The molecule has 6 heteroatoms. The highest BCUT2D eigenvalue weighted by atomic mass is 16.5. The number of aryl methyl sites for hydroxylation is 2. The molecular formula is C25H26N4O2. The number of rotatable bonds is 4. The summed E-state index contributed by atoms with van der Waals surface area (Å²) in [5, 5.41) is 13.7. The molecule has 4 rings (SSSR count). The van der Waals surface area contributed by atoms with Crippen LogP contribution < -0.4 is 15.0 Å². The average Bonchev–Trinajstić information content (AvgIpc) is 2.79. The van der Waals surface area contributed by atoms with Gasteiger partial charge in [0.25, 0.3) is 0 Å². The summed E-state index contributed by atoms with van der Waals surface area (Å²) in [7, 11) is 1.63. The van der Waals surface area contributed by atoms with Gasteiger partial charge in [-0.3, -0.25) is 9.78 Å². The standard InChI is InChI=1S/C25H26N4O2/c1-16-4-6-23-21(12-16)24(19(14-26)15-27-23)29-10-8-18(9-11-29)25(30)28-22-7-5-20(31-3)13-17(22)2/h4-7,12-13,15,18H,8-11H2,1-3H3,(H,28,30). The van der Waals surface area contributed by atoms with E-state index in [-0.39, 0.29) is 11.8 Å². The number of fused-ring (bicyclic) bond motifs is 1. The maximum atomic E-state index is 12.9. The molecule has 0 saturated carbocycles. The summed E-state index contributed by atoms with van der Waals surface area (Å²) in [5.74, 6) is 0.763. The smallest absolute Gasteiger partial charge is 0.227 e. The van der Waals surface area contributed by atoms with Crippen molar-refractivity contribution in [2.24, 2.45) is 5.92 Å². The highest BCUT2D eigenvalue weighted by Gasteiger charge is 2.27. The second-order valence-corrected chi connectivity index (χ2v) is 8.08. The van der Waals surface area contributed by atoms with Crippen molar-refractivity contribution < 1.29 is 9.53 Å². The molecule has 1 saturated heterocycles. The van der Waals surface area contributed by atoms with Crippen LogP contribution in [0.15, 0.2) is 42.6 Å². The molecule has 1 amide bonds. The second kappa shape index (κ2) is 8.65. The molecule has 31 heavy (non-hydrogen) atoms. The van der Waals surface area contributed by atoms with Gasteiger partial charge >= 0.3 is 0 Å². The summed E-state index contributed by atoms with van der Waals surface area (Å²) in [6.45, 7) is 5.45. The fourth-order valence-corrected chi connectivity index (χ4v) is 4.22. The lowest BCUT2D eigenvalue weighted by Gasteiger charge is -2.34. The molecule has 6 nitrogen and oxygen atoms in total. The molecule has 1 fully saturated rings. The molecule has 0 atom stereocenters. The third-order valence-corrected chi connectivity index (χ3v) is 5.99. The number of carbonyl (C=O) groups excluding carboxylic acids is 1. The number of benzene rings is 2. The van der Waals surface area contributed by atoms with Gasteiger partial charge in [0.15, 0.2) is 0 Å². The lowest BCUT2D eigenvalue weighted by molar-refractivity contribution is -0.120. The van der Waals surface area contributed by atoms with E-state index < -0.39 is 0 Å². The van der Waals surface area contributed by atoms with Crippen molar-refractivity contribution in [3.8, 4) is 11.8 Å². The topological polar surface area (TPSA) is 78.2 Å². The number of nitrogens with zero attached hydrogens (tertiary/aromatic N) is 3. The first-order valence-electron chi connectivity index (χ1n) is 10.5. The molecule has 1 aliphatic heterocycles. The van der Waals surface area contributed by atoms with Crippen molar-refractivity contribution in [3.05, 3.63) is 59.3 Å². The van der Waals surface area contributed by atoms with Crippen LogP contribution in [0.4, 0.5) is 11.4 Å². The van der Waals surface area contributed by atoms with Crippen LogP contribution in [0.3, 0.4) is 0 Å². The van der Waals surface area contributed by atoms with Crippen LogP contribution in [0.2, 0.25) is 0 Å². The summed E-state index contributed by atoms with van der Waals surface area (Å²) in [6.07, 6.45) is 3.13. The monoisotopic (exact) mass is 414 g/mol. The van der Waals surface area contributed by atoms with Gasteiger partial charge in [0, 0.05) is 36.3 Å². The van der Waals surface area contributed by atoms with Crippen LogP contribution in [-0.2, 0) is 4.79 Å². The average molecular weight is 415 g/mol. The zero-order valence-electron chi connectivity index (χ0n) is 18.1. The minimum atomic E-state index is -0.0573. The van der Waals surface area contributed by atoms with Gasteiger partial charge in [0.2, 0.25) is 5.91 Å². The van der Waals surface area contributed by atoms with Gasteiger partial charge in [-0.05, 0) is 62.6 Å². The maximum Gasteiger partial charge on any atom is 0.227 e. The molecule has 0 unspecified atom stereocenters. The number of hydrogen-bond acceptors (Lipinski definition) is 5. The predicted molar refractivity (Wildman–Crippen MR) is 122 cm³/mol. The summed E-state index contributed by atoms with van der Waals surface area (Å²) in [6, 6.07) is 14.1. The molecule has 158 valence electrons. The van der Waals surface area contributed by atoms with E-state index in [1.807, 2.05) is 44.2 Å². The summed E-state index contributed by atoms with van der Waals surface area (Å²) in [5.41, 5.74) is 5.32. The zero-order valence-corrected chi connectivity index (χ0v) is 18.1. The maximum absolute atomic E-state index is 12.9. The first-order chi connectivity index (χ1) is 15.0. The minimum Gasteiger partial charge on any atom is -0.497 e. The molecule has 0 bridgehead atoms. The van der Waals surface area contributed by atoms with E-state index in [0.717, 1.165) is 65.1 Å². The lowest BCUT2D eigenvalue weighted by atomic mass is 9.94. The van der Waals surface area contributed by atoms with Crippen LogP contribution in [-0.4, -0.2) is 31.1 Å². The highest BCUT2D eigenvalue weighted by Crippen LogP contribution is 2.33. The summed E-state index contributed by atoms with van der Waals surface area (Å²) >= 11 is 0. The quantitative estimate of drug-likeness (QED) is 0.676. The number of anilines is 2. The SMILES string of the molecule is COc1ccc(NC(=O)C2CCN(c3c(C#N)cnc4ccc(C)cc34)CC2)c(C)c1. The molecule has 2 aromatic carbocycles. The summed E-state index contributed by atoms with van der Waals surface area (Å²) in [4.78, 5) is 19.5. The Balaban J connectivity index is 1.50. The molecule has 0 radical (unpaired) electrons. The zero-order chi connectivity index (χ0) is 22.0. The lowest BCUT2D eigenvalue weighted by Crippen LogP contribution is -2.38. The molecule has 1 aromatic heterocycles. The number of aromatic nitrogens is 1. The summed E-state index contributed by atoms with van der Waals surface area (Å²) < 4.78 is 5.24. The van der Waals surface area contributed by atoms with Gasteiger partial charge in [-0.15, -0.1) is 0 Å². The van der Waals surface area contributed by atoms with E-state index in [4.69, 9.17) is 4.74 Å². The van der Waals surface area contributed by atoms with E-state index in [1.165, 1.54) is 0 Å². The Morgan fingerprint density at radius 3 is 2.65 bits per heavy atom. The predicted octanol–water partition coefficient (Wildman–Crippen LogP) is 4.59. The van der Waals surface area contributed by atoms with E-state index >= 15 is 0 Å². The van der Waals surface area contributed by atoms with Gasteiger partial charge in [-0.2, -0.15) is 5.26 Å². The van der Waals surface area contributed by atoms with E-state index in [1.54, 1.807) is 13.3 Å². The number of pyridine rings is 1. The number of nitriles is 1.